The van der Waals surface area contributed by atoms with Gasteiger partial charge in [0, 0.05) is 5.69 Å². The average Bonchev–Trinajstić information content (AvgIpc) is 2.38. The van der Waals surface area contributed by atoms with Crippen LogP contribution >= 0.6 is 0 Å². The maximum Gasteiger partial charge on any atom is 0.141 e. The van der Waals surface area contributed by atoms with Gasteiger partial charge in [-0.3, -0.25) is 4.21 Å². The Labute approximate surface area is 117 Å². The number of hydrogen-bond acceptors (Lipinski definition) is 3. The monoisotopic (exact) mass is 292 g/mol. The summed E-state index contributed by atoms with van der Waals surface area (Å²) in [5, 5.41) is 8.92. The number of benzene rings is 2. The van der Waals surface area contributed by atoms with Gasteiger partial charge < -0.3 is 5.73 Å². The van der Waals surface area contributed by atoms with Crippen molar-refractivity contribution in [3.8, 4) is 6.07 Å². The third-order valence-corrected chi connectivity index (χ3v) is 4.07. The van der Waals surface area contributed by atoms with Crippen LogP contribution in [0.2, 0.25) is 0 Å². The molecule has 102 valence electrons. The number of nitrogen functional groups attached to an aromatic ring is 1. The van der Waals surface area contributed by atoms with E-state index >= 15 is 0 Å². The van der Waals surface area contributed by atoms with E-state index in [2.05, 4.69) is 0 Å². The fourth-order valence-electron chi connectivity index (χ4n) is 1.71. The molecule has 2 aromatic carbocycles. The lowest BCUT2D eigenvalue weighted by molar-refractivity contribution is 0.596. The molecule has 0 aliphatic carbocycles. The van der Waals surface area contributed by atoms with Gasteiger partial charge in [0.15, 0.2) is 0 Å². The zero-order chi connectivity index (χ0) is 14.7. The quantitative estimate of drug-likeness (QED) is 0.884. The number of anilines is 1. The molecule has 6 heteroatoms. The molecule has 1 atom stereocenters. The number of halogens is 2. The Balaban J connectivity index is 2.33. The Hall–Kier alpha value is -2.26. The van der Waals surface area contributed by atoms with Gasteiger partial charge in [-0.1, -0.05) is 0 Å². The van der Waals surface area contributed by atoms with Crippen molar-refractivity contribution < 1.29 is 13.0 Å². The largest absolute Gasteiger partial charge is 0.399 e. The summed E-state index contributed by atoms with van der Waals surface area (Å²) in [5.41, 5.74) is 6.14. The number of hydrogen-bond donors (Lipinski definition) is 1. The lowest BCUT2D eigenvalue weighted by atomic mass is 10.1. The molecular weight excluding hydrogens is 282 g/mol. The van der Waals surface area contributed by atoms with Crippen molar-refractivity contribution in [2.45, 2.75) is 10.6 Å². The molecule has 1 unspecified atom stereocenters. The lowest BCUT2D eigenvalue weighted by Crippen LogP contribution is -2.02. The van der Waals surface area contributed by atoms with Crippen molar-refractivity contribution in [2.75, 3.05) is 5.73 Å². The minimum Gasteiger partial charge on any atom is -0.399 e. The van der Waals surface area contributed by atoms with Crippen LogP contribution in [0.3, 0.4) is 0 Å². The normalized spacial score (nSPS) is 11.8. The third-order valence-electron chi connectivity index (χ3n) is 2.68. The van der Waals surface area contributed by atoms with E-state index in [4.69, 9.17) is 11.0 Å². The third kappa shape index (κ3) is 3.00. The van der Waals surface area contributed by atoms with Crippen molar-refractivity contribution in [1.29, 1.82) is 5.26 Å². The highest BCUT2D eigenvalue weighted by molar-refractivity contribution is 7.84. The molecule has 0 saturated heterocycles. The fourth-order valence-corrected chi connectivity index (χ4v) is 2.88. The first-order chi connectivity index (χ1) is 9.51. The summed E-state index contributed by atoms with van der Waals surface area (Å²) in [4.78, 5) is -0.0210. The summed E-state index contributed by atoms with van der Waals surface area (Å²) in [6.45, 7) is 0. The summed E-state index contributed by atoms with van der Waals surface area (Å²) in [7, 11) is -1.72. The molecule has 0 aliphatic rings. The molecule has 0 fully saturated rings. The number of nitrogens with two attached hydrogens (primary N) is 1. The Kier molecular flexibility index (Phi) is 4.11. The Morgan fingerprint density at radius 2 is 1.95 bits per heavy atom. The minimum atomic E-state index is -1.72. The summed E-state index contributed by atoms with van der Waals surface area (Å²) >= 11 is 0. The zero-order valence-electron chi connectivity index (χ0n) is 10.3. The van der Waals surface area contributed by atoms with Crippen LogP contribution in [0.5, 0.6) is 0 Å². The van der Waals surface area contributed by atoms with Crippen LogP contribution in [0.1, 0.15) is 11.1 Å². The van der Waals surface area contributed by atoms with Gasteiger partial charge in [-0.05, 0) is 42.0 Å². The fraction of sp³-hybridized carbons (Fsp3) is 0.0714. The molecule has 0 heterocycles. The van der Waals surface area contributed by atoms with Crippen LogP contribution in [-0.4, -0.2) is 4.21 Å². The molecule has 3 nitrogen and oxygen atoms in total. The highest BCUT2D eigenvalue weighted by Crippen LogP contribution is 2.20. The predicted molar refractivity (Wildman–Crippen MR) is 72.0 cm³/mol. The average molecular weight is 292 g/mol. The molecule has 0 radical (unpaired) electrons. The van der Waals surface area contributed by atoms with Crippen molar-refractivity contribution >= 4 is 16.5 Å². The van der Waals surface area contributed by atoms with Crippen molar-refractivity contribution in [3.05, 3.63) is 59.2 Å². The van der Waals surface area contributed by atoms with E-state index in [0.29, 0.717) is 0 Å². The van der Waals surface area contributed by atoms with Crippen LogP contribution in [0.4, 0.5) is 14.5 Å². The molecule has 0 spiro atoms. The first-order valence-electron chi connectivity index (χ1n) is 5.63. The highest BCUT2D eigenvalue weighted by atomic mass is 32.2. The summed E-state index contributed by atoms with van der Waals surface area (Å²) in [5.74, 6) is -1.35. The van der Waals surface area contributed by atoms with Gasteiger partial charge in [0.2, 0.25) is 0 Å². The Bertz CT molecular complexity index is 726. The molecule has 2 rings (SSSR count). The van der Waals surface area contributed by atoms with E-state index in [1.54, 1.807) is 0 Å². The standard InChI is InChI=1S/C14H10F2N2OS/c15-11-2-1-9(7-17)10(5-11)8-20(19)14-4-3-12(18)6-13(14)16/h1-6H,8,18H2. The number of nitriles is 1. The predicted octanol–water partition coefficient (Wildman–Crippen LogP) is 2.73. The molecule has 0 aliphatic heterocycles. The first-order valence-corrected chi connectivity index (χ1v) is 6.95. The van der Waals surface area contributed by atoms with E-state index in [-0.39, 0.29) is 27.5 Å². The molecule has 2 N–H and O–H groups in total. The molecule has 0 saturated carbocycles. The summed E-state index contributed by atoms with van der Waals surface area (Å²) in [6, 6.07) is 9.31. The van der Waals surface area contributed by atoms with Gasteiger partial charge in [0.1, 0.15) is 11.6 Å². The van der Waals surface area contributed by atoms with Crippen molar-refractivity contribution in [2.24, 2.45) is 0 Å². The van der Waals surface area contributed by atoms with Crippen LogP contribution in [0.15, 0.2) is 41.3 Å². The van der Waals surface area contributed by atoms with Gasteiger partial charge in [-0.15, -0.1) is 0 Å². The van der Waals surface area contributed by atoms with E-state index < -0.39 is 22.4 Å². The first kappa shape index (κ1) is 14.2. The summed E-state index contributed by atoms with van der Waals surface area (Å²) < 4.78 is 38.9. The smallest absolute Gasteiger partial charge is 0.141 e. The van der Waals surface area contributed by atoms with Gasteiger partial charge in [0.05, 0.1) is 33.1 Å². The summed E-state index contributed by atoms with van der Waals surface area (Å²) in [6.07, 6.45) is 0. The topological polar surface area (TPSA) is 66.9 Å². The molecular formula is C14H10F2N2OS. The SMILES string of the molecule is N#Cc1ccc(F)cc1CS(=O)c1ccc(N)cc1F. The van der Waals surface area contributed by atoms with Gasteiger partial charge in [-0.25, -0.2) is 8.78 Å². The van der Waals surface area contributed by atoms with Gasteiger partial charge >= 0.3 is 0 Å². The van der Waals surface area contributed by atoms with Crippen LogP contribution in [0, 0.1) is 23.0 Å². The maximum absolute atomic E-state index is 13.7. The van der Waals surface area contributed by atoms with Crippen LogP contribution in [0.25, 0.3) is 0 Å². The Morgan fingerprint density at radius 3 is 2.60 bits per heavy atom. The van der Waals surface area contributed by atoms with Crippen molar-refractivity contribution in [1.82, 2.24) is 0 Å². The van der Waals surface area contributed by atoms with E-state index in [1.165, 1.54) is 18.2 Å². The second-order valence-electron chi connectivity index (χ2n) is 4.09. The molecule has 0 bridgehead atoms. The second-order valence-corrected chi connectivity index (χ2v) is 5.51. The van der Waals surface area contributed by atoms with Crippen LogP contribution in [-0.2, 0) is 16.6 Å². The lowest BCUT2D eigenvalue weighted by Gasteiger charge is -2.06. The number of rotatable bonds is 3. The number of nitrogens with zero attached hydrogens (tertiary/aromatic N) is 1. The molecule has 0 amide bonds. The van der Waals surface area contributed by atoms with E-state index in [0.717, 1.165) is 18.2 Å². The molecule has 0 aromatic heterocycles. The minimum absolute atomic E-state index is 0.0210. The van der Waals surface area contributed by atoms with E-state index in [9.17, 15) is 13.0 Å². The zero-order valence-corrected chi connectivity index (χ0v) is 11.1. The van der Waals surface area contributed by atoms with E-state index in [1.807, 2.05) is 6.07 Å². The molecule has 20 heavy (non-hydrogen) atoms. The molecule has 2 aromatic rings. The van der Waals surface area contributed by atoms with Gasteiger partial charge in [0.25, 0.3) is 0 Å². The van der Waals surface area contributed by atoms with Gasteiger partial charge in [-0.2, -0.15) is 5.26 Å². The maximum atomic E-state index is 13.7. The van der Waals surface area contributed by atoms with Crippen LogP contribution < -0.4 is 5.73 Å². The Morgan fingerprint density at radius 1 is 1.20 bits per heavy atom. The van der Waals surface area contributed by atoms with Crippen molar-refractivity contribution in [3.63, 3.8) is 0 Å². The second kappa shape index (κ2) is 5.80. The highest BCUT2D eigenvalue weighted by Gasteiger charge is 2.14.